The van der Waals surface area contributed by atoms with Gasteiger partial charge in [0.25, 0.3) is 0 Å². The summed E-state index contributed by atoms with van der Waals surface area (Å²) in [6, 6.07) is 0. The number of carbonyl (C=O) groups excluding carboxylic acids is 1. The molecule has 0 aromatic rings. The fraction of sp³-hybridized carbons (Fsp3) is 0. The minimum Gasteiger partial charge on any atom is -0.539 e. The third-order valence-corrected chi connectivity index (χ3v) is 0.358. The molecule has 0 fully saturated rings. The summed E-state index contributed by atoms with van der Waals surface area (Å²) in [6.45, 7) is 0. The zero-order valence-electron chi connectivity index (χ0n) is 6.88. The number of aliphatic carboxylic acids is 4. The second kappa shape index (κ2) is 15.6. The third kappa shape index (κ3) is 32.0. The quantitative estimate of drug-likeness (QED) is 0.306. The molecule has 7 N–H and O–H groups in total. The molecule has 0 rings (SSSR count). The molecule has 0 saturated heterocycles. The van der Waals surface area contributed by atoms with Gasteiger partial charge in [0.2, 0.25) is 0 Å². The van der Waals surface area contributed by atoms with Crippen LogP contribution >= 0.6 is 0 Å². The van der Waals surface area contributed by atoms with Gasteiger partial charge in [-0.15, -0.1) is 0 Å². The first-order chi connectivity index (χ1) is 5.29. The van der Waals surface area contributed by atoms with Crippen molar-refractivity contribution in [2.24, 2.45) is 0 Å². The summed E-state index contributed by atoms with van der Waals surface area (Å²) in [4.78, 5) is 36.2. The molecule has 11 heteroatoms. The third-order valence-electron chi connectivity index (χ3n) is 0.358. The van der Waals surface area contributed by atoms with Crippen molar-refractivity contribution in [3.05, 3.63) is 0 Å². The second-order valence-electron chi connectivity index (χ2n) is 1.20. The smallest absolute Gasteiger partial charge is 0.414 e. The second-order valence-corrected chi connectivity index (χ2v) is 1.20. The van der Waals surface area contributed by atoms with Gasteiger partial charge in [-0.1, -0.05) is 0 Å². The Morgan fingerprint density at radius 2 is 0.867 bits per heavy atom. The number of carbonyl (C=O) groups is 4. The van der Waals surface area contributed by atoms with Crippen LogP contribution in [0.15, 0.2) is 0 Å². The SMILES string of the molecule is O.O.O=C(O)C(=O)O.O=C([O-])C(=O)O.[Th]. The molecule has 0 unspecified atom stereocenters. The Morgan fingerprint density at radius 1 is 0.733 bits per heavy atom. The molecule has 0 aliphatic heterocycles. The maximum atomic E-state index is 9.10. The van der Waals surface area contributed by atoms with Gasteiger partial charge in [0.1, 0.15) is 0 Å². The van der Waals surface area contributed by atoms with Crippen molar-refractivity contribution in [2.75, 3.05) is 0 Å². The van der Waals surface area contributed by atoms with E-state index < -0.39 is 23.9 Å². The number of carboxylic acids is 4. The van der Waals surface area contributed by atoms with E-state index in [9.17, 15) is 0 Å². The first kappa shape index (κ1) is 29.2. The standard InChI is InChI=1S/2C2H2O4.2H2O.Th/c2*3-1(4)2(5)6;;;/h2*(H,3,4)(H,5,6);2*1H2;/p-1. The Kier molecular flexibility index (Phi) is 30.4. The number of hydrogen-bond acceptors (Lipinski definition) is 5. The van der Waals surface area contributed by atoms with Crippen LogP contribution in [0, 0.1) is 39.9 Å². The van der Waals surface area contributed by atoms with E-state index in [1.807, 2.05) is 0 Å². The Balaban J connectivity index is -0.0000000370. The van der Waals surface area contributed by atoms with E-state index in [2.05, 4.69) is 0 Å². The van der Waals surface area contributed by atoms with Crippen molar-refractivity contribution in [1.82, 2.24) is 0 Å². The predicted molar refractivity (Wildman–Crippen MR) is 35.1 cm³/mol. The molecule has 10 nitrogen and oxygen atoms in total. The molecule has 0 amide bonds. The van der Waals surface area contributed by atoms with Crippen molar-refractivity contribution in [3.63, 3.8) is 0 Å². The van der Waals surface area contributed by atoms with E-state index >= 15 is 0 Å². The largest absolute Gasteiger partial charge is 0.539 e. The van der Waals surface area contributed by atoms with Crippen LogP contribution in [-0.4, -0.2) is 50.1 Å². The van der Waals surface area contributed by atoms with Gasteiger partial charge in [-0.25, -0.2) is 14.4 Å². The van der Waals surface area contributed by atoms with Crippen LogP contribution in [0.3, 0.4) is 0 Å². The molecule has 88 valence electrons. The van der Waals surface area contributed by atoms with Gasteiger partial charge in [-0.05, 0) is 0 Å². The van der Waals surface area contributed by atoms with Crippen molar-refractivity contribution in [3.8, 4) is 0 Å². The molecular weight excluding hydrogens is 440 g/mol. The molecule has 0 aromatic carbocycles. The summed E-state index contributed by atoms with van der Waals surface area (Å²) in [6.07, 6.45) is 0. The van der Waals surface area contributed by atoms with Crippen LogP contribution in [0.5, 0.6) is 0 Å². The minimum atomic E-state index is -2.07. The van der Waals surface area contributed by atoms with Crippen molar-refractivity contribution < 1.29 is 90.5 Å². The van der Waals surface area contributed by atoms with Crippen LogP contribution in [0.2, 0.25) is 0 Å². The predicted octanol–water partition coefficient (Wildman–Crippen LogP) is -4.67. The number of rotatable bonds is 0. The van der Waals surface area contributed by atoms with Gasteiger partial charge in [-0.2, -0.15) is 0 Å². The zero-order valence-corrected chi connectivity index (χ0v) is 11.0. The van der Waals surface area contributed by atoms with E-state index in [1.54, 1.807) is 0 Å². The van der Waals surface area contributed by atoms with E-state index in [0.29, 0.717) is 0 Å². The average Bonchev–Trinajstić information content (AvgIpc) is 1.88. The first-order valence-corrected chi connectivity index (χ1v) is 2.19. The number of hydrogen-bond donors (Lipinski definition) is 3. The summed E-state index contributed by atoms with van der Waals surface area (Å²) < 4.78 is 0. The van der Waals surface area contributed by atoms with Gasteiger partial charge in [-0.3, -0.25) is 0 Å². The summed E-state index contributed by atoms with van der Waals surface area (Å²) in [5, 5.41) is 31.1. The monoisotopic (exact) mass is 447 g/mol. The van der Waals surface area contributed by atoms with Gasteiger partial charge in [0.15, 0.2) is 5.97 Å². The van der Waals surface area contributed by atoms with E-state index in [-0.39, 0.29) is 50.9 Å². The molecule has 0 aromatic heterocycles. The van der Waals surface area contributed by atoms with E-state index in [4.69, 9.17) is 39.6 Å². The van der Waals surface area contributed by atoms with Crippen LogP contribution < -0.4 is 5.11 Å². The molecule has 0 radical (unpaired) electrons. The average molecular weight is 447 g/mol. The van der Waals surface area contributed by atoms with Crippen molar-refractivity contribution >= 4 is 23.9 Å². The van der Waals surface area contributed by atoms with Crippen LogP contribution in [0.1, 0.15) is 0 Å². The van der Waals surface area contributed by atoms with E-state index in [0.717, 1.165) is 0 Å². The fourth-order valence-corrected chi connectivity index (χ4v) is 0. The zero-order chi connectivity index (χ0) is 10.3. The van der Waals surface area contributed by atoms with Gasteiger partial charge >= 0.3 is 17.9 Å². The normalized spacial score (nSPS) is 5.87. The van der Waals surface area contributed by atoms with Gasteiger partial charge in [0.05, 0.1) is 0 Å². The summed E-state index contributed by atoms with van der Waals surface area (Å²) in [5.74, 6) is -7.66. The van der Waals surface area contributed by atoms with E-state index in [1.165, 1.54) is 0 Å². The number of carboxylic acid groups (broad SMARTS) is 4. The van der Waals surface area contributed by atoms with Crippen molar-refractivity contribution in [1.29, 1.82) is 0 Å². The van der Waals surface area contributed by atoms with Crippen LogP contribution in [-0.2, 0) is 19.2 Å². The Morgan fingerprint density at radius 3 is 0.867 bits per heavy atom. The molecule has 0 atom stereocenters. The molecule has 0 heterocycles. The molecule has 0 aliphatic carbocycles. The maximum Gasteiger partial charge on any atom is 0.414 e. The summed E-state index contributed by atoms with van der Waals surface area (Å²) >= 11 is 0. The molecule has 0 bridgehead atoms. The van der Waals surface area contributed by atoms with Gasteiger partial charge in [0, 0.05) is 39.9 Å². The Hall–Kier alpha value is -0.875. The first-order valence-electron chi connectivity index (χ1n) is 2.19. The molecule has 0 aliphatic rings. The molecule has 0 saturated carbocycles. The van der Waals surface area contributed by atoms with Crippen LogP contribution in [0.25, 0.3) is 0 Å². The Labute approximate surface area is 114 Å². The summed E-state index contributed by atoms with van der Waals surface area (Å²) in [7, 11) is 0. The van der Waals surface area contributed by atoms with Crippen molar-refractivity contribution in [2.45, 2.75) is 0 Å². The van der Waals surface area contributed by atoms with Gasteiger partial charge < -0.3 is 36.2 Å². The molecule has 0 spiro atoms. The fourth-order valence-electron chi connectivity index (χ4n) is 0. The summed E-state index contributed by atoms with van der Waals surface area (Å²) in [5.41, 5.74) is 0. The molecule has 15 heavy (non-hydrogen) atoms. The maximum absolute atomic E-state index is 9.10. The minimum absolute atomic E-state index is 0. The molecular formula is C4H7O10Th-. The van der Waals surface area contributed by atoms with Crippen LogP contribution in [0.4, 0.5) is 0 Å². The Bertz CT molecular complexity index is 173. The topological polar surface area (TPSA) is 215 Å².